The van der Waals surface area contributed by atoms with E-state index in [2.05, 4.69) is 39.7 Å². The van der Waals surface area contributed by atoms with E-state index in [9.17, 15) is 0 Å². The molecule has 0 spiro atoms. The standard InChI is InChI=1S/C8H11BrN2O/c1-6(2)5-12-8-10-3-7(9)4-11-8/h3-4,6H,5H2,1-2H3. The van der Waals surface area contributed by atoms with Crippen LogP contribution in [0, 0.1) is 5.92 Å². The van der Waals surface area contributed by atoms with E-state index in [4.69, 9.17) is 4.74 Å². The van der Waals surface area contributed by atoms with Crippen molar-refractivity contribution in [2.45, 2.75) is 13.8 Å². The van der Waals surface area contributed by atoms with Gasteiger partial charge in [-0.2, -0.15) is 0 Å². The van der Waals surface area contributed by atoms with Gasteiger partial charge in [0.1, 0.15) is 0 Å². The monoisotopic (exact) mass is 230 g/mol. The summed E-state index contributed by atoms with van der Waals surface area (Å²) in [5.74, 6) is 0.497. The molecule has 0 unspecified atom stereocenters. The van der Waals surface area contributed by atoms with E-state index < -0.39 is 0 Å². The van der Waals surface area contributed by atoms with Gasteiger partial charge in [-0.05, 0) is 21.8 Å². The van der Waals surface area contributed by atoms with E-state index in [0.717, 1.165) is 4.47 Å². The van der Waals surface area contributed by atoms with Crippen LogP contribution in [0.4, 0.5) is 0 Å². The Morgan fingerprint density at radius 3 is 2.50 bits per heavy atom. The molecule has 0 N–H and O–H groups in total. The van der Waals surface area contributed by atoms with Gasteiger partial charge in [-0.3, -0.25) is 0 Å². The lowest BCUT2D eigenvalue weighted by Crippen LogP contribution is -2.06. The molecule has 0 atom stereocenters. The molecule has 0 aliphatic carbocycles. The first-order valence-electron chi connectivity index (χ1n) is 3.79. The largest absolute Gasteiger partial charge is 0.463 e. The van der Waals surface area contributed by atoms with E-state index in [1.54, 1.807) is 12.4 Å². The predicted octanol–water partition coefficient (Wildman–Crippen LogP) is 2.27. The summed E-state index contributed by atoms with van der Waals surface area (Å²) in [6.07, 6.45) is 3.34. The topological polar surface area (TPSA) is 35.0 Å². The molecule has 1 aromatic heterocycles. The summed E-state index contributed by atoms with van der Waals surface area (Å²) < 4.78 is 6.14. The number of rotatable bonds is 3. The van der Waals surface area contributed by atoms with Gasteiger partial charge in [0.2, 0.25) is 0 Å². The van der Waals surface area contributed by atoms with Crippen molar-refractivity contribution in [1.82, 2.24) is 9.97 Å². The summed E-state index contributed by atoms with van der Waals surface area (Å²) in [5.41, 5.74) is 0. The van der Waals surface area contributed by atoms with Crippen molar-refractivity contribution in [2.75, 3.05) is 6.61 Å². The highest BCUT2D eigenvalue weighted by Gasteiger charge is 1.98. The Morgan fingerprint density at radius 2 is 2.00 bits per heavy atom. The quantitative estimate of drug-likeness (QED) is 0.800. The average Bonchev–Trinajstić information content (AvgIpc) is 2.03. The second-order valence-electron chi connectivity index (χ2n) is 2.89. The van der Waals surface area contributed by atoms with Crippen LogP contribution in [0.2, 0.25) is 0 Å². The average molecular weight is 231 g/mol. The number of hydrogen-bond acceptors (Lipinski definition) is 3. The highest BCUT2D eigenvalue weighted by Crippen LogP contribution is 2.08. The molecule has 0 saturated heterocycles. The number of hydrogen-bond donors (Lipinski definition) is 0. The summed E-state index contributed by atoms with van der Waals surface area (Å²) in [4.78, 5) is 7.94. The summed E-state index contributed by atoms with van der Waals surface area (Å²) in [6.45, 7) is 4.82. The summed E-state index contributed by atoms with van der Waals surface area (Å²) in [7, 11) is 0. The Balaban J connectivity index is 2.48. The lowest BCUT2D eigenvalue weighted by molar-refractivity contribution is 0.250. The van der Waals surface area contributed by atoms with Crippen molar-refractivity contribution in [3.63, 3.8) is 0 Å². The SMILES string of the molecule is CC(C)COc1ncc(Br)cn1. The fourth-order valence-electron chi connectivity index (χ4n) is 0.616. The van der Waals surface area contributed by atoms with Gasteiger partial charge >= 0.3 is 6.01 Å². The molecule has 0 aromatic carbocycles. The predicted molar refractivity (Wildman–Crippen MR) is 50.1 cm³/mol. The minimum absolute atomic E-state index is 0.437. The van der Waals surface area contributed by atoms with Gasteiger partial charge in [0.05, 0.1) is 11.1 Å². The zero-order chi connectivity index (χ0) is 8.97. The molecule has 1 heterocycles. The van der Waals surface area contributed by atoms with E-state index >= 15 is 0 Å². The van der Waals surface area contributed by atoms with Crippen molar-refractivity contribution in [2.24, 2.45) is 5.92 Å². The minimum Gasteiger partial charge on any atom is -0.463 e. The fraction of sp³-hybridized carbons (Fsp3) is 0.500. The van der Waals surface area contributed by atoms with E-state index in [1.807, 2.05) is 0 Å². The van der Waals surface area contributed by atoms with Crippen LogP contribution in [0.1, 0.15) is 13.8 Å². The fourth-order valence-corrected chi connectivity index (χ4v) is 0.821. The van der Waals surface area contributed by atoms with Crippen LogP contribution in [0.5, 0.6) is 6.01 Å². The normalized spacial score (nSPS) is 10.3. The third kappa shape index (κ3) is 3.17. The van der Waals surface area contributed by atoms with E-state index in [-0.39, 0.29) is 0 Å². The molecule has 0 bridgehead atoms. The Labute approximate surface area is 80.3 Å². The van der Waals surface area contributed by atoms with Crippen molar-refractivity contribution in [3.8, 4) is 6.01 Å². The van der Waals surface area contributed by atoms with Crippen LogP contribution in [0.3, 0.4) is 0 Å². The van der Waals surface area contributed by atoms with Gasteiger partial charge in [0.25, 0.3) is 0 Å². The van der Waals surface area contributed by atoms with Crippen LogP contribution in [0.25, 0.3) is 0 Å². The lowest BCUT2D eigenvalue weighted by atomic mass is 10.2. The first-order valence-corrected chi connectivity index (χ1v) is 4.58. The molecule has 0 amide bonds. The Bertz CT molecular complexity index is 235. The van der Waals surface area contributed by atoms with Crippen LogP contribution in [0.15, 0.2) is 16.9 Å². The number of ether oxygens (including phenoxy) is 1. The molecule has 3 nitrogen and oxygen atoms in total. The zero-order valence-electron chi connectivity index (χ0n) is 7.12. The maximum atomic E-state index is 5.28. The Morgan fingerprint density at radius 1 is 1.42 bits per heavy atom. The maximum absolute atomic E-state index is 5.28. The molecule has 1 rings (SSSR count). The molecular formula is C8H11BrN2O. The summed E-state index contributed by atoms with van der Waals surface area (Å²) >= 11 is 3.24. The molecule has 0 radical (unpaired) electrons. The van der Waals surface area contributed by atoms with Gasteiger partial charge in [-0.15, -0.1) is 0 Å². The van der Waals surface area contributed by atoms with Gasteiger partial charge < -0.3 is 4.74 Å². The molecule has 4 heteroatoms. The second-order valence-corrected chi connectivity index (χ2v) is 3.80. The third-order valence-corrected chi connectivity index (χ3v) is 1.55. The zero-order valence-corrected chi connectivity index (χ0v) is 8.71. The van der Waals surface area contributed by atoms with Crippen LogP contribution >= 0.6 is 15.9 Å². The van der Waals surface area contributed by atoms with Gasteiger partial charge in [-0.1, -0.05) is 13.8 Å². The number of nitrogens with zero attached hydrogens (tertiary/aromatic N) is 2. The van der Waals surface area contributed by atoms with Crippen molar-refractivity contribution in [3.05, 3.63) is 16.9 Å². The van der Waals surface area contributed by atoms with E-state index in [0.29, 0.717) is 18.5 Å². The van der Waals surface area contributed by atoms with Crippen LogP contribution < -0.4 is 4.74 Å². The van der Waals surface area contributed by atoms with Crippen LogP contribution in [-0.4, -0.2) is 16.6 Å². The molecule has 1 aromatic rings. The third-order valence-electron chi connectivity index (χ3n) is 1.14. The molecule has 66 valence electrons. The molecular weight excluding hydrogens is 220 g/mol. The first-order chi connectivity index (χ1) is 5.68. The smallest absolute Gasteiger partial charge is 0.316 e. The molecule has 0 saturated carbocycles. The van der Waals surface area contributed by atoms with Crippen molar-refractivity contribution >= 4 is 15.9 Å². The number of halogens is 1. The Kier molecular flexibility index (Phi) is 3.47. The first kappa shape index (κ1) is 9.45. The van der Waals surface area contributed by atoms with Crippen molar-refractivity contribution in [1.29, 1.82) is 0 Å². The number of aromatic nitrogens is 2. The second kappa shape index (κ2) is 4.40. The van der Waals surface area contributed by atoms with E-state index in [1.165, 1.54) is 0 Å². The Hall–Kier alpha value is -0.640. The van der Waals surface area contributed by atoms with Crippen molar-refractivity contribution < 1.29 is 4.74 Å². The molecule has 0 aliphatic heterocycles. The lowest BCUT2D eigenvalue weighted by Gasteiger charge is -2.05. The van der Waals surface area contributed by atoms with Gasteiger partial charge in [0.15, 0.2) is 0 Å². The van der Waals surface area contributed by atoms with Gasteiger partial charge in [0, 0.05) is 12.4 Å². The minimum atomic E-state index is 0.437. The highest BCUT2D eigenvalue weighted by atomic mass is 79.9. The molecule has 0 fully saturated rings. The summed E-state index contributed by atoms with van der Waals surface area (Å²) in [6, 6.07) is 0.437. The molecule has 12 heavy (non-hydrogen) atoms. The van der Waals surface area contributed by atoms with Crippen LogP contribution in [-0.2, 0) is 0 Å². The maximum Gasteiger partial charge on any atom is 0.316 e. The van der Waals surface area contributed by atoms with Gasteiger partial charge in [-0.25, -0.2) is 9.97 Å². The molecule has 0 aliphatic rings. The summed E-state index contributed by atoms with van der Waals surface area (Å²) in [5, 5.41) is 0. The highest BCUT2D eigenvalue weighted by molar-refractivity contribution is 9.10.